The van der Waals surface area contributed by atoms with Gasteiger partial charge in [-0.1, -0.05) is 30.3 Å². The Kier molecular flexibility index (Phi) is 4.90. The van der Waals surface area contributed by atoms with Gasteiger partial charge in [0.05, 0.1) is 6.10 Å². The lowest BCUT2D eigenvalue weighted by molar-refractivity contribution is -0.133. The van der Waals surface area contributed by atoms with Crippen molar-refractivity contribution in [2.24, 2.45) is 0 Å². The molecule has 5 nitrogen and oxygen atoms in total. The number of hydroxylamine groups is 1. The quantitative estimate of drug-likeness (QED) is 0.496. The second-order valence-corrected chi connectivity index (χ2v) is 5.21. The number of carbonyl (C=O) groups excluding carboxylic acids is 1. The van der Waals surface area contributed by atoms with E-state index >= 15 is 0 Å². The van der Waals surface area contributed by atoms with Crippen LogP contribution in [0.25, 0.3) is 10.8 Å². The second-order valence-electron chi connectivity index (χ2n) is 5.21. The van der Waals surface area contributed by atoms with E-state index in [-0.39, 0.29) is 0 Å². The standard InChI is InChI=1S/C16H20N2O3/c1-10-7-12(8-13-5-3-4-6-14(10)13)9-17-15(11(2)19)16(20)18-21/h3-8,11,15,17,19,21H,9H2,1-2H3,(H,18,20)/t11-,15+/m1/s1. The molecule has 0 fully saturated rings. The van der Waals surface area contributed by atoms with Crippen molar-refractivity contribution in [2.75, 3.05) is 0 Å². The average molecular weight is 288 g/mol. The van der Waals surface area contributed by atoms with Crippen LogP contribution in [0, 0.1) is 6.92 Å². The maximum atomic E-state index is 11.5. The number of hydrogen-bond acceptors (Lipinski definition) is 4. The van der Waals surface area contributed by atoms with Crippen molar-refractivity contribution >= 4 is 16.7 Å². The normalized spacial score (nSPS) is 13.9. The van der Waals surface area contributed by atoms with Gasteiger partial charge < -0.3 is 5.11 Å². The van der Waals surface area contributed by atoms with Gasteiger partial charge in [0.2, 0.25) is 0 Å². The fourth-order valence-corrected chi connectivity index (χ4v) is 2.46. The van der Waals surface area contributed by atoms with Gasteiger partial charge in [-0.25, -0.2) is 5.48 Å². The van der Waals surface area contributed by atoms with E-state index in [2.05, 4.69) is 11.4 Å². The molecule has 1 amide bonds. The monoisotopic (exact) mass is 288 g/mol. The van der Waals surface area contributed by atoms with E-state index in [0.29, 0.717) is 6.54 Å². The van der Waals surface area contributed by atoms with E-state index in [1.807, 2.05) is 37.3 Å². The molecule has 0 aliphatic heterocycles. The van der Waals surface area contributed by atoms with Gasteiger partial charge in [0, 0.05) is 6.54 Å². The lowest BCUT2D eigenvalue weighted by atomic mass is 10.0. The van der Waals surface area contributed by atoms with E-state index in [4.69, 9.17) is 5.21 Å². The summed E-state index contributed by atoms with van der Waals surface area (Å²) in [6.45, 7) is 3.96. The summed E-state index contributed by atoms with van der Waals surface area (Å²) in [5.74, 6) is -0.650. The van der Waals surface area contributed by atoms with Gasteiger partial charge in [-0.3, -0.25) is 15.3 Å². The molecule has 21 heavy (non-hydrogen) atoms. The Labute approximate surface area is 123 Å². The highest BCUT2D eigenvalue weighted by Crippen LogP contribution is 2.20. The Morgan fingerprint density at radius 1 is 1.29 bits per heavy atom. The van der Waals surface area contributed by atoms with Crippen LogP contribution in [0.1, 0.15) is 18.1 Å². The largest absolute Gasteiger partial charge is 0.391 e. The average Bonchev–Trinajstić information content (AvgIpc) is 2.47. The van der Waals surface area contributed by atoms with Crippen LogP contribution in [0.5, 0.6) is 0 Å². The van der Waals surface area contributed by atoms with Crippen molar-refractivity contribution in [2.45, 2.75) is 32.5 Å². The zero-order chi connectivity index (χ0) is 15.4. The molecule has 0 heterocycles. The van der Waals surface area contributed by atoms with Crippen LogP contribution >= 0.6 is 0 Å². The lowest BCUT2D eigenvalue weighted by Crippen LogP contribution is -2.49. The SMILES string of the molecule is Cc1cc(CN[C@H](C(=O)NO)[C@@H](C)O)cc2ccccc12. The summed E-state index contributed by atoms with van der Waals surface area (Å²) in [6, 6.07) is 11.3. The molecule has 0 aliphatic rings. The van der Waals surface area contributed by atoms with Gasteiger partial charge in [0.15, 0.2) is 0 Å². The third-order valence-electron chi connectivity index (χ3n) is 3.53. The minimum Gasteiger partial charge on any atom is -0.391 e. The van der Waals surface area contributed by atoms with Crippen LogP contribution in [-0.2, 0) is 11.3 Å². The highest BCUT2D eigenvalue weighted by molar-refractivity contribution is 5.86. The molecule has 2 atom stereocenters. The lowest BCUT2D eigenvalue weighted by Gasteiger charge is -2.19. The summed E-state index contributed by atoms with van der Waals surface area (Å²) in [7, 11) is 0. The fourth-order valence-electron chi connectivity index (χ4n) is 2.46. The van der Waals surface area contributed by atoms with Gasteiger partial charge >= 0.3 is 0 Å². The number of benzene rings is 2. The van der Waals surface area contributed by atoms with Gasteiger partial charge in [0.1, 0.15) is 6.04 Å². The summed E-state index contributed by atoms with van der Waals surface area (Å²) in [6.07, 6.45) is -0.904. The summed E-state index contributed by atoms with van der Waals surface area (Å²) in [5.41, 5.74) is 3.74. The summed E-state index contributed by atoms with van der Waals surface area (Å²) in [4.78, 5) is 11.5. The van der Waals surface area contributed by atoms with Gasteiger partial charge in [-0.05, 0) is 41.8 Å². The van der Waals surface area contributed by atoms with Crippen LogP contribution in [0.4, 0.5) is 0 Å². The molecule has 2 rings (SSSR count). The first-order valence-corrected chi connectivity index (χ1v) is 6.86. The number of aliphatic hydroxyl groups is 1. The minimum atomic E-state index is -0.904. The Morgan fingerprint density at radius 3 is 2.67 bits per heavy atom. The van der Waals surface area contributed by atoms with Crippen molar-refractivity contribution in [1.29, 1.82) is 0 Å². The molecule has 5 heteroatoms. The highest BCUT2D eigenvalue weighted by atomic mass is 16.5. The molecule has 0 spiro atoms. The number of aliphatic hydroxyl groups excluding tert-OH is 1. The third kappa shape index (κ3) is 3.58. The van der Waals surface area contributed by atoms with Crippen molar-refractivity contribution in [3.05, 3.63) is 47.5 Å². The molecule has 2 aromatic carbocycles. The van der Waals surface area contributed by atoms with E-state index < -0.39 is 18.1 Å². The molecule has 0 saturated heterocycles. The number of aryl methyl sites for hydroxylation is 1. The smallest absolute Gasteiger partial charge is 0.263 e. The zero-order valence-electron chi connectivity index (χ0n) is 12.1. The Morgan fingerprint density at radius 2 is 2.00 bits per heavy atom. The number of fused-ring (bicyclic) bond motifs is 1. The maximum absolute atomic E-state index is 11.5. The fraction of sp³-hybridized carbons (Fsp3) is 0.312. The van der Waals surface area contributed by atoms with Crippen molar-refractivity contribution in [3.63, 3.8) is 0 Å². The highest BCUT2D eigenvalue weighted by Gasteiger charge is 2.22. The van der Waals surface area contributed by atoms with Crippen molar-refractivity contribution in [3.8, 4) is 0 Å². The summed E-state index contributed by atoms with van der Waals surface area (Å²) in [5, 5.41) is 23.6. The number of nitrogens with one attached hydrogen (secondary N) is 2. The van der Waals surface area contributed by atoms with Gasteiger partial charge in [-0.2, -0.15) is 0 Å². The van der Waals surface area contributed by atoms with E-state index in [1.54, 1.807) is 5.48 Å². The predicted molar refractivity (Wildman–Crippen MR) is 80.9 cm³/mol. The number of rotatable bonds is 5. The van der Waals surface area contributed by atoms with Crippen LogP contribution in [0.3, 0.4) is 0 Å². The Hall–Kier alpha value is -1.95. The first-order chi connectivity index (χ1) is 10.0. The van der Waals surface area contributed by atoms with E-state index in [0.717, 1.165) is 16.5 Å². The molecular weight excluding hydrogens is 268 g/mol. The topological polar surface area (TPSA) is 81.6 Å². The second kappa shape index (κ2) is 6.67. The third-order valence-corrected chi connectivity index (χ3v) is 3.53. The summed E-state index contributed by atoms with van der Waals surface area (Å²) < 4.78 is 0. The Bertz CT molecular complexity index is 640. The van der Waals surface area contributed by atoms with Crippen LogP contribution < -0.4 is 10.8 Å². The molecule has 2 aromatic rings. The number of hydrogen-bond donors (Lipinski definition) is 4. The van der Waals surface area contributed by atoms with Crippen LogP contribution in [0.15, 0.2) is 36.4 Å². The molecule has 0 aromatic heterocycles. The molecule has 0 bridgehead atoms. The van der Waals surface area contributed by atoms with Gasteiger partial charge in [0.25, 0.3) is 5.91 Å². The van der Waals surface area contributed by atoms with E-state index in [1.165, 1.54) is 12.3 Å². The van der Waals surface area contributed by atoms with Crippen LogP contribution in [-0.4, -0.2) is 28.4 Å². The first-order valence-electron chi connectivity index (χ1n) is 6.86. The van der Waals surface area contributed by atoms with Crippen molar-refractivity contribution < 1.29 is 15.1 Å². The molecule has 0 radical (unpaired) electrons. The number of amides is 1. The first kappa shape index (κ1) is 15.4. The molecule has 0 saturated carbocycles. The summed E-state index contributed by atoms with van der Waals surface area (Å²) >= 11 is 0. The Balaban J connectivity index is 2.18. The van der Waals surface area contributed by atoms with Crippen molar-refractivity contribution in [1.82, 2.24) is 10.8 Å². The molecule has 112 valence electrons. The van der Waals surface area contributed by atoms with E-state index in [9.17, 15) is 9.90 Å². The zero-order valence-corrected chi connectivity index (χ0v) is 12.1. The molecule has 0 unspecified atom stereocenters. The maximum Gasteiger partial charge on any atom is 0.263 e. The minimum absolute atomic E-state index is 0.425. The van der Waals surface area contributed by atoms with Crippen LogP contribution in [0.2, 0.25) is 0 Å². The molecule has 4 N–H and O–H groups in total. The number of carbonyl (C=O) groups is 1. The van der Waals surface area contributed by atoms with Gasteiger partial charge in [-0.15, -0.1) is 0 Å². The molecule has 0 aliphatic carbocycles. The molecular formula is C16H20N2O3. The predicted octanol–water partition coefficient (Wildman–Crippen LogP) is 1.49.